The Morgan fingerprint density at radius 2 is 2.00 bits per heavy atom. The molecule has 1 aliphatic rings. The van der Waals surface area contributed by atoms with Gasteiger partial charge in [0.15, 0.2) is 0 Å². The van der Waals surface area contributed by atoms with E-state index in [2.05, 4.69) is 10.2 Å². The van der Waals surface area contributed by atoms with Crippen LogP contribution in [0.4, 0.5) is 8.78 Å². The summed E-state index contributed by atoms with van der Waals surface area (Å²) >= 11 is 0. The molecule has 1 aliphatic heterocycles. The van der Waals surface area contributed by atoms with Crippen LogP contribution < -0.4 is 5.32 Å². The van der Waals surface area contributed by atoms with Gasteiger partial charge in [-0.25, -0.2) is 8.78 Å². The zero-order valence-corrected chi connectivity index (χ0v) is 11.1. The minimum atomic E-state index is -1.28. The molecule has 0 aromatic heterocycles. The minimum Gasteiger partial charge on any atom is -0.385 e. The summed E-state index contributed by atoms with van der Waals surface area (Å²) < 4.78 is 26.6. The summed E-state index contributed by atoms with van der Waals surface area (Å²) in [6.45, 7) is 6.01. The Kier molecular flexibility index (Phi) is 4.50. The van der Waals surface area contributed by atoms with E-state index in [0.717, 1.165) is 32.2 Å². The lowest BCUT2D eigenvalue weighted by molar-refractivity contribution is 0.0311. The Labute approximate surface area is 112 Å². The van der Waals surface area contributed by atoms with Crippen molar-refractivity contribution >= 4 is 0 Å². The molecule has 0 saturated carbocycles. The van der Waals surface area contributed by atoms with E-state index in [-0.39, 0.29) is 5.56 Å². The van der Waals surface area contributed by atoms with E-state index >= 15 is 0 Å². The molecule has 0 bridgehead atoms. The van der Waals surface area contributed by atoms with Crippen molar-refractivity contribution in [2.24, 2.45) is 0 Å². The number of halogens is 2. The van der Waals surface area contributed by atoms with Gasteiger partial charge in [0.25, 0.3) is 0 Å². The number of nitrogens with zero attached hydrogens (tertiary/aromatic N) is 1. The van der Waals surface area contributed by atoms with Crippen molar-refractivity contribution in [1.29, 1.82) is 0 Å². The topological polar surface area (TPSA) is 35.5 Å². The second-order valence-corrected chi connectivity index (χ2v) is 5.24. The van der Waals surface area contributed by atoms with Gasteiger partial charge in [-0.15, -0.1) is 0 Å². The molecular weight excluding hydrogens is 250 g/mol. The largest absolute Gasteiger partial charge is 0.385 e. The molecule has 2 rings (SSSR count). The average Bonchev–Trinajstić information content (AvgIpc) is 2.37. The molecule has 0 radical (unpaired) electrons. The predicted octanol–water partition coefficient (Wildman–Crippen LogP) is 1.47. The van der Waals surface area contributed by atoms with Crippen LogP contribution in [0.5, 0.6) is 0 Å². The molecule has 1 heterocycles. The van der Waals surface area contributed by atoms with E-state index in [9.17, 15) is 13.9 Å². The monoisotopic (exact) mass is 270 g/mol. The van der Waals surface area contributed by atoms with Gasteiger partial charge in [0.1, 0.15) is 11.6 Å². The second-order valence-electron chi connectivity index (χ2n) is 5.24. The van der Waals surface area contributed by atoms with Crippen molar-refractivity contribution in [3.63, 3.8) is 0 Å². The minimum absolute atomic E-state index is 0.157. The molecule has 0 amide bonds. The van der Waals surface area contributed by atoms with Crippen molar-refractivity contribution in [3.05, 3.63) is 35.4 Å². The van der Waals surface area contributed by atoms with Gasteiger partial charge >= 0.3 is 0 Å². The van der Waals surface area contributed by atoms with Gasteiger partial charge in [0.2, 0.25) is 0 Å². The third-order valence-electron chi connectivity index (χ3n) is 3.64. The summed E-state index contributed by atoms with van der Waals surface area (Å²) in [5.74, 6) is -1.32. The van der Waals surface area contributed by atoms with Crippen molar-refractivity contribution in [3.8, 4) is 0 Å². The predicted molar refractivity (Wildman–Crippen MR) is 69.9 cm³/mol. The SMILES string of the molecule is CC(O)(CCN1CCNCC1)c1ccc(F)cc1F. The highest BCUT2D eigenvalue weighted by Crippen LogP contribution is 2.27. The summed E-state index contributed by atoms with van der Waals surface area (Å²) in [6.07, 6.45) is 0.426. The lowest BCUT2D eigenvalue weighted by atomic mass is 9.91. The number of nitrogens with one attached hydrogen (secondary N) is 1. The first-order valence-electron chi connectivity index (χ1n) is 6.60. The molecule has 5 heteroatoms. The molecule has 1 unspecified atom stereocenters. The normalized spacial score (nSPS) is 20.2. The lowest BCUT2D eigenvalue weighted by Crippen LogP contribution is -2.45. The summed E-state index contributed by atoms with van der Waals surface area (Å²) in [6, 6.07) is 3.31. The summed E-state index contributed by atoms with van der Waals surface area (Å²) in [5.41, 5.74) is -1.12. The van der Waals surface area contributed by atoms with Gasteiger partial charge in [0.05, 0.1) is 5.60 Å². The van der Waals surface area contributed by atoms with Crippen LogP contribution in [-0.4, -0.2) is 42.7 Å². The van der Waals surface area contributed by atoms with Gasteiger partial charge in [-0.2, -0.15) is 0 Å². The average molecular weight is 270 g/mol. The van der Waals surface area contributed by atoms with Crippen LogP contribution in [0.3, 0.4) is 0 Å². The van der Waals surface area contributed by atoms with E-state index in [1.807, 2.05) is 0 Å². The number of hydrogen-bond donors (Lipinski definition) is 2. The van der Waals surface area contributed by atoms with Crippen molar-refractivity contribution in [2.45, 2.75) is 18.9 Å². The molecule has 2 N–H and O–H groups in total. The number of rotatable bonds is 4. The summed E-state index contributed by atoms with van der Waals surface area (Å²) in [7, 11) is 0. The van der Waals surface area contributed by atoms with Crippen LogP contribution in [0, 0.1) is 11.6 Å². The lowest BCUT2D eigenvalue weighted by Gasteiger charge is -2.31. The Morgan fingerprint density at radius 3 is 2.63 bits per heavy atom. The molecule has 1 aromatic carbocycles. The molecule has 1 saturated heterocycles. The standard InChI is InChI=1S/C14H20F2N2O/c1-14(19,4-7-18-8-5-17-6-9-18)12-3-2-11(15)10-13(12)16/h2-3,10,17,19H,4-9H2,1H3. The third-order valence-corrected chi connectivity index (χ3v) is 3.64. The fourth-order valence-electron chi connectivity index (χ4n) is 2.37. The Bertz CT molecular complexity index is 431. The van der Waals surface area contributed by atoms with Crippen LogP contribution in [0.1, 0.15) is 18.9 Å². The molecule has 1 fully saturated rings. The number of aliphatic hydroxyl groups is 1. The molecule has 0 spiro atoms. The molecule has 3 nitrogen and oxygen atoms in total. The molecule has 106 valence electrons. The molecule has 19 heavy (non-hydrogen) atoms. The van der Waals surface area contributed by atoms with Gasteiger partial charge in [0, 0.05) is 44.4 Å². The van der Waals surface area contributed by atoms with Gasteiger partial charge in [-0.1, -0.05) is 6.07 Å². The van der Waals surface area contributed by atoms with Gasteiger partial charge in [-0.05, 0) is 19.4 Å². The maximum absolute atomic E-state index is 13.7. The fraction of sp³-hybridized carbons (Fsp3) is 0.571. The number of hydrogen-bond acceptors (Lipinski definition) is 3. The first-order chi connectivity index (χ1) is 8.99. The summed E-state index contributed by atoms with van der Waals surface area (Å²) in [5, 5.41) is 13.6. The molecule has 1 aromatic rings. The fourth-order valence-corrected chi connectivity index (χ4v) is 2.37. The van der Waals surface area contributed by atoms with Crippen LogP contribution in [0.15, 0.2) is 18.2 Å². The highest BCUT2D eigenvalue weighted by molar-refractivity contribution is 5.24. The van der Waals surface area contributed by atoms with E-state index < -0.39 is 17.2 Å². The zero-order valence-electron chi connectivity index (χ0n) is 11.1. The highest BCUT2D eigenvalue weighted by atomic mass is 19.1. The van der Waals surface area contributed by atoms with E-state index in [0.29, 0.717) is 13.0 Å². The maximum Gasteiger partial charge on any atom is 0.132 e. The first-order valence-corrected chi connectivity index (χ1v) is 6.60. The molecule has 0 aliphatic carbocycles. The van der Waals surface area contributed by atoms with Crippen molar-refractivity contribution < 1.29 is 13.9 Å². The maximum atomic E-state index is 13.7. The van der Waals surface area contributed by atoms with Crippen LogP contribution >= 0.6 is 0 Å². The smallest absolute Gasteiger partial charge is 0.132 e. The van der Waals surface area contributed by atoms with E-state index in [4.69, 9.17) is 0 Å². The first kappa shape index (κ1) is 14.4. The van der Waals surface area contributed by atoms with Crippen LogP contribution in [0.25, 0.3) is 0 Å². The van der Waals surface area contributed by atoms with Gasteiger partial charge < -0.3 is 15.3 Å². The quantitative estimate of drug-likeness (QED) is 0.869. The molecule has 1 atom stereocenters. The Hall–Kier alpha value is -1.04. The highest BCUT2D eigenvalue weighted by Gasteiger charge is 2.27. The summed E-state index contributed by atoms with van der Waals surface area (Å²) in [4.78, 5) is 2.23. The molecular formula is C14H20F2N2O. The van der Waals surface area contributed by atoms with E-state index in [1.54, 1.807) is 6.92 Å². The Balaban J connectivity index is 2.00. The Morgan fingerprint density at radius 1 is 1.32 bits per heavy atom. The number of piperazine rings is 1. The zero-order chi connectivity index (χ0) is 13.9. The van der Waals surface area contributed by atoms with Crippen molar-refractivity contribution in [1.82, 2.24) is 10.2 Å². The van der Waals surface area contributed by atoms with Crippen LogP contribution in [-0.2, 0) is 5.60 Å². The number of benzene rings is 1. The van der Waals surface area contributed by atoms with E-state index in [1.165, 1.54) is 12.1 Å². The van der Waals surface area contributed by atoms with Gasteiger partial charge in [-0.3, -0.25) is 0 Å². The third kappa shape index (κ3) is 3.72. The van der Waals surface area contributed by atoms with Crippen molar-refractivity contribution in [2.75, 3.05) is 32.7 Å². The second kappa shape index (κ2) is 5.94. The van der Waals surface area contributed by atoms with Crippen LogP contribution in [0.2, 0.25) is 0 Å².